The topological polar surface area (TPSA) is 25.2 Å². The van der Waals surface area contributed by atoms with Gasteiger partial charge < -0.3 is 9.73 Å². The van der Waals surface area contributed by atoms with Gasteiger partial charge in [0.1, 0.15) is 5.76 Å². The summed E-state index contributed by atoms with van der Waals surface area (Å²) in [7, 11) is 0. The number of fused-ring (bicyclic) bond motifs is 2. The summed E-state index contributed by atoms with van der Waals surface area (Å²) in [5, 5.41) is 3.92. The van der Waals surface area contributed by atoms with Gasteiger partial charge >= 0.3 is 0 Å². The van der Waals surface area contributed by atoms with Crippen LogP contribution < -0.4 is 5.32 Å². The summed E-state index contributed by atoms with van der Waals surface area (Å²) in [6.07, 6.45) is 6.98. The van der Waals surface area contributed by atoms with E-state index in [1.807, 2.05) is 6.07 Å². The first kappa shape index (κ1) is 13.2. The highest BCUT2D eigenvalue weighted by Crippen LogP contribution is 2.62. The quantitative estimate of drug-likeness (QED) is 0.885. The number of hydrogen-bond donors (Lipinski definition) is 1. The minimum Gasteiger partial charge on any atom is -0.469 e. The molecule has 0 spiro atoms. The van der Waals surface area contributed by atoms with Gasteiger partial charge in [-0.15, -0.1) is 0 Å². The lowest BCUT2D eigenvalue weighted by molar-refractivity contribution is 0.0995. The molecule has 2 bridgehead atoms. The van der Waals surface area contributed by atoms with Crippen molar-refractivity contribution < 1.29 is 4.42 Å². The molecule has 2 aliphatic carbocycles. The van der Waals surface area contributed by atoms with Crippen LogP contribution in [0.25, 0.3) is 0 Å². The van der Waals surface area contributed by atoms with Crippen molar-refractivity contribution in [2.24, 2.45) is 16.7 Å². The second kappa shape index (κ2) is 4.37. The second-order valence-electron chi connectivity index (χ2n) is 7.70. The van der Waals surface area contributed by atoms with E-state index in [9.17, 15) is 0 Å². The van der Waals surface area contributed by atoms with Crippen LogP contribution in [0.2, 0.25) is 0 Å². The SMILES string of the molecule is CC(Cc1ccco1)NC1C2(C)CCC(C2)C1(C)C. The molecule has 2 aliphatic rings. The molecule has 1 aromatic heterocycles. The minimum atomic E-state index is 0.435. The summed E-state index contributed by atoms with van der Waals surface area (Å²) in [5.74, 6) is 2.00. The Kier molecular flexibility index (Phi) is 3.05. The fourth-order valence-electron chi connectivity index (χ4n) is 4.79. The van der Waals surface area contributed by atoms with Crippen LogP contribution in [0.15, 0.2) is 22.8 Å². The molecule has 0 aliphatic heterocycles. The summed E-state index contributed by atoms with van der Waals surface area (Å²) < 4.78 is 5.47. The van der Waals surface area contributed by atoms with Gasteiger partial charge in [0.05, 0.1) is 6.26 Å². The molecule has 2 fully saturated rings. The molecular weight excluding hydrogens is 234 g/mol. The van der Waals surface area contributed by atoms with Crippen LogP contribution in [-0.4, -0.2) is 12.1 Å². The molecule has 2 saturated carbocycles. The molecule has 0 aromatic carbocycles. The molecule has 3 rings (SSSR count). The highest BCUT2D eigenvalue weighted by molar-refractivity contribution is 5.13. The maximum Gasteiger partial charge on any atom is 0.105 e. The summed E-state index contributed by atoms with van der Waals surface area (Å²) in [5.41, 5.74) is 0.940. The van der Waals surface area contributed by atoms with E-state index in [0.717, 1.165) is 18.1 Å². The van der Waals surface area contributed by atoms with Crippen molar-refractivity contribution in [3.63, 3.8) is 0 Å². The number of hydrogen-bond acceptors (Lipinski definition) is 2. The standard InChI is InChI=1S/C17H27NO/c1-12(10-14-6-5-9-19-14)18-15-16(2,3)13-7-8-17(15,4)11-13/h5-6,9,12-13,15,18H,7-8,10-11H2,1-4H3. The van der Waals surface area contributed by atoms with Crippen molar-refractivity contribution >= 4 is 0 Å². The predicted molar refractivity (Wildman–Crippen MR) is 78.0 cm³/mol. The summed E-state index contributed by atoms with van der Waals surface area (Å²) >= 11 is 0. The Morgan fingerprint density at radius 3 is 2.79 bits per heavy atom. The van der Waals surface area contributed by atoms with Crippen LogP contribution in [0.1, 0.15) is 52.7 Å². The third-order valence-corrected chi connectivity index (χ3v) is 5.81. The van der Waals surface area contributed by atoms with Crippen LogP contribution in [0.5, 0.6) is 0 Å². The van der Waals surface area contributed by atoms with Crippen LogP contribution in [0.3, 0.4) is 0 Å². The molecule has 19 heavy (non-hydrogen) atoms. The van der Waals surface area contributed by atoms with E-state index in [4.69, 9.17) is 4.42 Å². The van der Waals surface area contributed by atoms with Gasteiger partial charge in [-0.25, -0.2) is 0 Å². The fourth-order valence-corrected chi connectivity index (χ4v) is 4.79. The lowest BCUT2D eigenvalue weighted by Gasteiger charge is -2.44. The lowest BCUT2D eigenvalue weighted by Crippen LogP contribution is -2.53. The van der Waals surface area contributed by atoms with E-state index in [-0.39, 0.29) is 0 Å². The van der Waals surface area contributed by atoms with Crippen molar-refractivity contribution in [1.29, 1.82) is 0 Å². The molecule has 4 atom stereocenters. The zero-order valence-corrected chi connectivity index (χ0v) is 12.7. The molecule has 106 valence electrons. The second-order valence-corrected chi connectivity index (χ2v) is 7.70. The van der Waals surface area contributed by atoms with Gasteiger partial charge in [0, 0.05) is 18.5 Å². The number of furan rings is 1. The van der Waals surface area contributed by atoms with E-state index >= 15 is 0 Å². The van der Waals surface area contributed by atoms with Crippen molar-refractivity contribution in [1.82, 2.24) is 5.32 Å². The average molecular weight is 261 g/mol. The molecule has 0 radical (unpaired) electrons. The Balaban J connectivity index is 1.69. The van der Waals surface area contributed by atoms with Crippen LogP contribution in [0, 0.1) is 16.7 Å². The zero-order valence-electron chi connectivity index (χ0n) is 12.7. The molecule has 2 heteroatoms. The largest absolute Gasteiger partial charge is 0.469 e. The Hall–Kier alpha value is -0.760. The number of nitrogens with one attached hydrogen (secondary N) is 1. The highest BCUT2D eigenvalue weighted by atomic mass is 16.3. The van der Waals surface area contributed by atoms with E-state index in [0.29, 0.717) is 22.9 Å². The van der Waals surface area contributed by atoms with Crippen molar-refractivity contribution in [2.75, 3.05) is 0 Å². The smallest absolute Gasteiger partial charge is 0.105 e. The van der Waals surface area contributed by atoms with Crippen molar-refractivity contribution in [3.05, 3.63) is 24.2 Å². The van der Waals surface area contributed by atoms with Gasteiger partial charge in [-0.3, -0.25) is 0 Å². The van der Waals surface area contributed by atoms with Crippen LogP contribution in [-0.2, 0) is 6.42 Å². The Morgan fingerprint density at radius 2 is 2.21 bits per heavy atom. The first-order valence-electron chi connectivity index (χ1n) is 7.70. The minimum absolute atomic E-state index is 0.435. The maximum atomic E-state index is 5.47. The number of rotatable bonds is 4. The van der Waals surface area contributed by atoms with Crippen LogP contribution in [0.4, 0.5) is 0 Å². The Labute approximate surface area is 117 Å². The molecule has 4 unspecified atom stereocenters. The third kappa shape index (κ3) is 2.14. The molecule has 0 saturated heterocycles. The molecule has 2 nitrogen and oxygen atoms in total. The first-order valence-corrected chi connectivity index (χ1v) is 7.70. The molecule has 1 aromatic rings. The van der Waals surface area contributed by atoms with Gasteiger partial charge in [-0.05, 0) is 55.1 Å². The zero-order chi connectivity index (χ0) is 13.7. The van der Waals surface area contributed by atoms with Crippen molar-refractivity contribution in [2.45, 2.75) is 65.5 Å². The Bertz CT molecular complexity index is 431. The fraction of sp³-hybridized carbons (Fsp3) is 0.765. The molecular formula is C17H27NO. The monoisotopic (exact) mass is 261 g/mol. The van der Waals surface area contributed by atoms with Gasteiger partial charge in [0.25, 0.3) is 0 Å². The van der Waals surface area contributed by atoms with Gasteiger partial charge in [0.15, 0.2) is 0 Å². The van der Waals surface area contributed by atoms with E-state index in [1.165, 1.54) is 19.3 Å². The first-order chi connectivity index (χ1) is 8.92. The normalized spacial score (nSPS) is 37.7. The van der Waals surface area contributed by atoms with Gasteiger partial charge in [0.2, 0.25) is 0 Å². The summed E-state index contributed by atoms with van der Waals surface area (Å²) in [4.78, 5) is 0. The summed E-state index contributed by atoms with van der Waals surface area (Å²) in [6, 6.07) is 5.17. The summed E-state index contributed by atoms with van der Waals surface area (Å²) in [6.45, 7) is 9.69. The van der Waals surface area contributed by atoms with Crippen LogP contribution >= 0.6 is 0 Å². The third-order valence-electron chi connectivity index (χ3n) is 5.81. The molecule has 1 N–H and O–H groups in total. The van der Waals surface area contributed by atoms with E-state index < -0.39 is 0 Å². The van der Waals surface area contributed by atoms with Gasteiger partial charge in [-0.2, -0.15) is 0 Å². The van der Waals surface area contributed by atoms with E-state index in [2.05, 4.69) is 39.1 Å². The van der Waals surface area contributed by atoms with Crippen molar-refractivity contribution in [3.8, 4) is 0 Å². The van der Waals surface area contributed by atoms with Gasteiger partial charge in [-0.1, -0.05) is 20.8 Å². The molecule has 0 amide bonds. The lowest BCUT2D eigenvalue weighted by atomic mass is 9.68. The average Bonchev–Trinajstić information content (AvgIpc) is 2.98. The molecule has 1 heterocycles. The maximum absolute atomic E-state index is 5.47. The van der Waals surface area contributed by atoms with E-state index in [1.54, 1.807) is 6.26 Å². The predicted octanol–water partition coefficient (Wildman–Crippen LogP) is 4.02. The Morgan fingerprint density at radius 1 is 1.42 bits per heavy atom. The highest BCUT2D eigenvalue weighted by Gasteiger charge is 2.59.